The number of aryl methyl sites for hydroxylation is 1. The number of benzene rings is 2. The molecule has 4 heteroatoms. The van der Waals surface area contributed by atoms with Crippen LogP contribution in [0.15, 0.2) is 42.5 Å². The Morgan fingerprint density at radius 3 is 2.55 bits per heavy atom. The van der Waals surface area contributed by atoms with E-state index in [1.807, 2.05) is 24.3 Å². The number of nitrogens with two attached hydrogens (primary N) is 1. The maximum atomic E-state index is 13.6. The molecule has 0 spiro atoms. The highest BCUT2D eigenvalue weighted by Gasteiger charge is 2.10. The van der Waals surface area contributed by atoms with Crippen molar-refractivity contribution in [1.29, 1.82) is 0 Å². The highest BCUT2D eigenvalue weighted by atomic mass is 19.1. The molecule has 2 aromatic carbocycles. The van der Waals surface area contributed by atoms with Crippen LogP contribution in [0.2, 0.25) is 0 Å². The quantitative estimate of drug-likeness (QED) is 0.841. The highest BCUT2D eigenvalue weighted by molar-refractivity contribution is 5.94. The minimum atomic E-state index is -0.491. The third-order valence-electron chi connectivity index (χ3n) is 3.05. The molecule has 0 saturated heterocycles. The predicted octanol–water partition coefficient (Wildman–Crippen LogP) is 2.69. The Bertz CT molecular complexity index is 608. The molecule has 2 aromatic rings. The lowest BCUT2D eigenvalue weighted by Crippen LogP contribution is -2.26. The number of hydrogen-bond donors (Lipinski definition) is 2. The molecule has 0 radical (unpaired) electrons. The fraction of sp³-hybridized carbons (Fsp3) is 0.188. The van der Waals surface area contributed by atoms with Gasteiger partial charge in [-0.25, -0.2) is 4.39 Å². The summed E-state index contributed by atoms with van der Waals surface area (Å²) < 4.78 is 13.6. The predicted molar refractivity (Wildman–Crippen MR) is 78.0 cm³/mol. The number of carbonyl (C=O) groups is 1. The van der Waals surface area contributed by atoms with Gasteiger partial charge in [-0.15, -0.1) is 0 Å². The van der Waals surface area contributed by atoms with Crippen molar-refractivity contribution in [2.24, 2.45) is 0 Å². The lowest BCUT2D eigenvalue weighted by atomic mass is 10.1. The van der Waals surface area contributed by atoms with Gasteiger partial charge in [0, 0.05) is 12.2 Å². The van der Waals surface area contributed by atoms with Crippen molar-refractivity contribution in [2.45, 2.75) is 13.3 Å². The minimum absolute atomic E-state index is 0.0768. The number of nitrogens with one attached hydrogen (secondary N) is 1. The Morgan fingerprint density at radius 2 is 1.90 bits per heavy atom. The Morgan fingerprint density at radius 1 is 1.20 bits per heavy atom. The van der Waals surface area contributed by atoms with Crippen molar-refractivity contribution in [3.63, 3.8) is 0 Å². The summed E-state index contributed by atoms with van der Waals surface area (Å²) in [5.74, 6) is -0.882. The molecule has 0 saturated carbocycles. The van der Waals surface area contributed by atoms with Crippen LogP contribution in [0.25, 0.3) is 0 Å². The number of anilines is 1. The summed E-state index contributed by atoms with van der Waals surface area (Å²) in [7, 11) is 0. The maximum Gasteiger partial charge on any atom is 0.254 e. The van der Waals surface area contributed by atoms with Crippen LogP contribution < -0.4 is 11.1 Å². The number of rotatable bonds is 4. The Balaban J connectivity index is 1.90. The van der Waals surface area contributed by atoms with E-state index < -0.39 is 11.7 Å². The first kappa shape index (κ1) is 14.1. The van der Waals surface area contributed by atoms with Gasteiger partial charge in [-0.2, -0.15) is 0 Å². The fourth-order valence-electron chi connectivity index (χ4n) is 1.90. The smallest absolute Gasteiger partial charge is 0.254 e. The molecule has 0 aromatic heterocycles. The lowest BCUT2D eigenvalue weighted by Gasteiger charge is -2.07. The third-order valence-corrected chi connectivity index (χ3v) is 3.05. The molecule has 0 fully saturated rings. The van der Waals surface area contributed by atoms with Gasteiger partial charge in [0.05, 0.1) is 5.56 Å². The fourth-order valence-corrected chi connectivity index (χ4v) is 1.90. The van der Waals surface area contributed by atoms with E-state index in [1.54, 1.807) is 13.0 Å². The van der Waals surface area contributed by atoms with Crippen LogP contribution in [0.4, 0.5) is 10.1 Å². The van der Waals surface area contributed by atoms with Gasteiger partial charge in [-0.1, -0.05) is 18.2 Å². The van der Waals surface area contributed by atoms with Gasteiger partial charge < -0.3 is 11.1 Å². The van der Waals surface area contributed by atoms with Crippen molar-refractivity contribution < 1.29 is 9.18 Å². The van der Waals surface area contributed by atoms with E-state index in [0.717, 1.165) is 11.1 Å². The van der Waals surface area contributed by atoms with E-state index in [-0.39, 0.29) is 5.56 Å². The zero-order valence-electron chi connectivity index (χ0n) is 11.3. The van der Waals surface area contributed by atoms with Crippen LogP contribution in [-0.4, -0.2) is 12.5 Å². The Kier molecular flexibility index (Phi) is 4.35. The monoisotopic (exact) mass is 272 g/mol. The largest absolute Gasteiger partial charge is 0.399 e. The summed E-state index contributed by atoms with van der Waals surface area (Å²) in [5.41, 5.74) is 8.25. The van der Waals surface area contributed by atoms with E-state index in [1.165, 1.54) is 12.1 Å². The molecular weight excluding hydrogens is 255 g/mol. The first-order valence-corrected chi connectivity index (χ1v) is 6.45. The molecular formula is C16H17FN2O. The van der Waals surface area contributed by atoms with Crippen LogP contribution >= 0.6 is 0 Å². The Labute approximate surface area is 117 Å². The summed E-state index contributed by atoms with van der Waals surface area (Å²) in [6.45, 7) is 2.24. The number of nitrogen functional groups attached to an aromatic ring is 1. The van der Waals surface area contributed by atoms with Gasteiger partial charge in [0.15, 0.2) is 0 Å². The van der Waals surface area contributed by atoms with E-state index in [4.69, 9.17) is 5.73 Å². The molecule has 0 unspecified atom stereocenters. The van der Waals surface area contributed by atoms with Crippen LogP contribution in [-0.2, 0) is 6.42 Å². The average molecular weight is 272 g/mol. The molecule has 104 valence electrons. The molecule has 20 heavy (non-hydrogen) atoms. The number of carbonyl (C=O) groups excluding carboxylic acids is 1. The van der Waals surface area contributed by atoms with Crippen LogP contribution in [0.5, 0.6) is 0 Å². The minimum Gasteiger partial charge on any atom is -0.399 e. The van der Waals surface area contributed by atoms with Crippen molar-refractivity contribution in [3.05, 3.63) is 65.0 Å². The van der Waals surface area contributed by atoms with E-state index in [0.29, 0.717) is 18.7 Å². The Hall–Kier alpha value is -2.36. The molecule has 3 N–H and O–H groups in total. The number of hydrogen-bond acceptors (Lipinski definition) is 2. The van der Waals surface area contributed by atoms with Gasteiger partial charge in [0.25, 0.3) is 5.91 Å². The maximum absolute atomic E-state index is 13.6. The van der Waals surface area contributed by atoms with Crippen molar-refractivity contribution in [3.8, 4) is 0 Å². The molecule has 0 heterocycles. The van der Waals surface area contributed by atoms with E-state index >= 15 is 0 Å². The second-order valence-electron chi connectivity index (χ2n) is 4.73. The molecule has 0 aliphatic carbocycles. The standard InChI is InChI=1S/C16H17FN2O/c1-11-2-7-14(15(17)10-11)16(20)19-9-8-12-3-5-13(18)6-4-12/h2-7,10H,8-9,18H2,1H3,(H,19,20). The third kappa shape index (κ3) is 3.57. The van der Waals surface area contributed by atoms with Crippen LogP contribution in [0.1, 0.15) is 21.5 Å². The molecule has 3 nitrogen and oxygen atoms in total. The summed E-state index contributed by atoms with van der Waals surface area (Å²) >= 11 is 0. The van der Waals surface area contributed by atoms with Gasteiger partial charge in [-0.05, 0) is 48.7 Å². The van der Waals surface area contributed by atoms with E-state index in [2.05, 4.69) is 5.32 Å². The SMILES string of the molecule is Cc1ccc(C(=O)NCCc2ccc(N)cc2)c(F)c1. The van der Waals surface area contributed by atoms with Gasteiger partial charge in [0.2, 0.25) is 0 Å². The van der Waals surface area contributed by atoms with Crippen molar-refractivity contribution >= 4 is 11.6 Å². The van der Waals surface area contributed by atoms with Crippen LogP contribution in [0, 0.1) is 12.7 Å². The summed E-state index contributed by atoms with van der Waals surface area (Å²) in [4.78, 5) is 11.9. The average Bonchev–Trinajstić information content (AvgIpc) is 2.41. The second kappa shape index (κ2) is 6.19. The second-order valence-corrected chi connectivity index (χ2v) is 4.73. The summed E-state index contributed by atoms with van der Waals surface area (Å²) in [6.07, 6.45) is 0.680. The van der Waals surface area contributed by atoms with Crippen molar-refractivity contribution in [2.75, 3.05) is 12.3 Å². The van der Waals surface area contributed by atoms with Crippen molar-refractivity contribution in [1.82, 2.24) is 5.32 Å². The molecule has 0 bridgehead atoms. The lowest BCUT2D eigenvalue weighted by molar-refractivity contribution is 0.0950. The van der Waals surface area contributed by atoms with Crippen LogP contribution in [0.3, 0.4) is 0 Å². The normalized spacial score (nSPS) is 10.3. The molecule has 1 amide bonds. The first-order valence-electron chi connectivity index (χ1n) is 6.45. The summed E-state index contributed by atoms with van der Waals surface area (Å²) in [6, 6.07) is 12.0. The van der Waals surface area contributed by atoms with Gasteiger partial charge in [-0.3, -0.25) is 4.79 Å². The molecule has 2 rings (SSSR count). The van der Waals surface area contributed by atoms with Gasteiger partial charge in [0.1, 0.15) is 5.82 Å². The number of amides is 1. The first-order chi connectivity index (χ1) is 9.56. The van der Waals surface area contributed by atoms with E-state index in [9.17, 15) is 9.18 Å². The molecule has 0 atom stereocenters. The molecule has 0 aliphatic rings. The van der Waals surface area contributed by atoms with Gasteiger partial charge >= 0.3 is 0 Å². The zero-order chi connectivity index (χ0) is 14.5. The number of halogens is 1. The topological polar surface area (TPSA) is 55.1 Å². The summed E-state index contributed by atoms with van der Waals surface area (Å²) in [5, 5.41) is 2.71. The zero-order valence-corrected chi connectivity index (χ0v) is 11.3. The highest BCUT2D eigenvalue weighted by Crippen LogP contribution is 2.10. The molecule has 0 aliphatic heterocycles.